The molecule has 120 valence electrons. The predicted molar refractivity (Wildman–Crippen MR) is 86.1 cm³/mol. The van der Waals surface area contributed by atoms with Gasteiger partial charge in [-0.05, 0) is 50.9 Å². The number of carbonyl (C=O) groups excluding carboxylic acids is 1. The van der Waals surface area contributed by atoms with E-state index in [9.17, 15) is 4.79 Å². The third kappa shape index (κ3) is 2.99. The number of fused-ring (bicyclic) bond motifs is 2. The average Bonchev–Trinajstić information content (AvgIpc) is 3.04. The lowest BCUT2D eigenvalue weighted by atomic mass is 9.77. The smallest absolute Gasteiger partial charge is 0.228 e. The Balaban J connectivity index is 1.70. The Bertz CT molecular complexity index is 375. The molecule has 0 aromatic rings. The lowest BCUT2D eigenvalue weighted by Gasteiger charge is -2.41. The van der Waals surface area contributed by atoms with Gasteiger partial charge in [0.2, 0.25) is 5.91 Å². The maximum absolute atomic E-state index is 13.2. The zero-order valence-corrected chi connectivity index (χ0v) is 14.0. The molecule has 1 aliphatic carbocycles. The second-order valence-electron chi connectivity index (χ2n) is 8.26. The Morgan fingerprint density at radius 1 is 1.19 bits per heavy atom. The SMILES string of the molecule is CC(C)CC1(C(=O)N(C)C2CC3CCC(C2)N3)CCCC1. The van der Waals surface area contributed by atoms with Gasteiger partial charge in [0.1, 0.15) is 0 Å². The van der Waals surface area contributed by atoms with Crippen LogP contribution in [0.1, 0.15) is 71.6 Å². The van der Waals surface area contributed by atoms with E-state index in [4.69, 9.17) is 0 Å². The molecule has 2 unspecified atom stereocenters. The van der Waals surface area contributed by atoms with Gasteiger partial charge in [0.25, 0.3) is 0 Å². The lowest BCUT2D eigenvalue weighted by molar-refractivity contribution is -0.144. The molecule has 0 radical (unpaired) electrons. The minimum atomic E-state index is -0.0349. The molecule has 1 saturated carbocycles. The van der Waals surface area contributed by atoms with Crippen LogP contribution < -0.4 is 5.32 Å². The van der Waals surface area contributed by atoms with Gasteiger partial charge in [0.05, 0.1) is 0 Å². The van der Waals surface area contributed by atoms with Gasteiger partial charge in [0.15, 0.2) is 0 Å². The van der Waals surface area contributed by atoms with Crippen LogP contribution in [0.5, 0.6) is 0 Å². The van der Waals surface area contributed by atoms with E-state index in [-0.39, 0.29) is 5.41 Å². The van der Waals surface area contributed by atoms with Gasteiger partial charge < -0.3 is 10.2 Å². The standard InChI is InChI=1S/C18H32N2O/c1-13(2)12-18(8-4-5-9-18)17(21)20(3)16-10-14-6-7-15(11-16)19-14/h13-16,19H,4-12H2,1-3H3. The van der Waals surface area contributed by atoms with Gasteiger partial charge in [-0.25, -0.2) is 0 Å². The Labute approximate surface area is 129 Å². The van der Waals surface area contributed by atoms with Crippen LogP contribution in [0.4, 0.5) is 0 Å². The van der Waals surface area contributed by atoms with E-state index in [1.807, 2.05) is 0 Å². The zero-order chi connectivity index (χ0) is 15.0. The predicted octanol–water partition coefficient (Wildman–Crippen LogP) is 3.33. The largest absolute Gasteiger partial charge is 0.342 e. The molecule has 2 heterocycles. The van der Waals surface area contributed by atoms with Gasteiger partial charge in [-0.1, -0.05) is 26.7 Å². The van der Waals surface area contributed by atoms with Crippen molar-refractivity contribution >= 4 is 5.91 Å². The second-order valence-corrected chi connectivity index (χ2v) is 8.26. The van der Waals surface area contributed by atoms with Crippen LogP contribution >= 0.6 is 0 Å². The monoisotopic (exact) mass is 292 g/mol. The van der Waals surface area contributed by atoms with Crippen molar-refractivity contribution < 1.29 is 4.79 Å². The van der Waals surface area contributed by atoms with Crippen LogP contribution in [0, 0.1) is 11.3 Å². The normalized spacial score (nSPS) is 34.4. The van der Waals surface area contributed by atoms with E-state index in [0.717, 1.165) is 32.1 Å². The van der Waals surface area contributed by atoms with Crippen LogP contribution in [0.2, 0.25) is 0 Å². The summed E-state index contributed by atoms with van der Waals surface area (Å²) < 4.78 is 0. The number of amides is 1. The summed E-state index contributed by atoms with van der Waals surface area (Å²) >= 11 is 0. The highest BCUT2D eigenvalue weighted by Crippen LogP contribution is 2.45. The van der Waals surface area contributed by atoms with Crippen molar-refractivity contribution in [2.24, 2.45) is 11.3 Å². The highest BCUT2D eigenvalue weighted by molar-refractivity contribution is 5.83. The van der Waals surface area contributed by atoms with Crippen LogP contribution in [0.15, 0.2) is 0 Å². The average molecular weight is 292 g/mol. The summed E-state index contributed by atoms with van der Waals surface area (Å²) in [5, 5.41) is 3.69. The Morgan fingerprint density at radius 3 is 2.29 bits per heavy atom. The maximum Gasteiger partial charge on any atom is 0.228 e. The number of piperidine rings is 1. The summed E-state index contributed by atoms with van der Waals surface area (Å²) in [5.41, 5.74) is -0.0349. The van der Waals surface area contributed by atoms with Crippen molar-refractivity contribution in [2.45, 2.75) is 89.8 Å². The summed E-state index contributed by atoms with van der Waals surface area (Å²) in [5.74, 6) is 1.07. The molecule has 2 atom stereocenters. The molecule has 2 aliphatic heterocycles. The third-order valence-corrected chi connectivity index (χ3v) is 6.13. The van der Waals surface area contributed by atoms with Gasteiger partial charge in [-0.15, -0.1) is 0 Å². The van der Waals surface area contributed by atoms with E-state index in [0.29, 0.717) is 30.0 Å². The molecular formula is C18H32N2O. The quantitative estimate of drug-likeness (QED) is 0.862. The van der Waals surface area contributed by atoms with Crippen molar-refractivity contribution in [3.05, 3.63) is 0 Å². The van der Waals surface area contributed by atoms with Crippen LogP contribution in [0.3, 0.4) is 0 Å². The minimum Gasteiger partial charge on any atom is -0.342 e. The number of rotatable bonds is 4. The fraction of sp³-hybridized carbons (Fsp3) is 0.944. The van der Waals surface area contributed by atoms with Crippen LogP contribution in [-0.2, 0) is 4.79 Å². The Kier molecular flexibility index (Phi) is 4.31. The van der Waals surface area contributed by atoms with Gasteiger partial charge >= 0.3 is 0 Å². The lowest BCUT2D eigenvalue weighted by Crippen LogP contribution is -2.52. The number of carbonyl (C=O) groups is 1. The van der Waals surface area contributed by atoms with Crippen LogP contribution in [0.25, 0.3) is 0 Å². The zero-order valence-electron chi connectivity index (χ0n) is 14.0. The summed E-state index contributed by atoms with van der Waals surface area (Å²) in [7, 11) is 2.08. The molecular weight excluding hydrogens is 260 g/mol. The second kappa shape index (κ2) is 5.91. The first-order valence-corrected chi connectivity index (χ1v) is 9.03. The minimum absolute atomic E-state index is 0.0349. The third-order valence-electron chi connectivity index (χ3n) is 6.13. The van der Waals surface area contributed by atoms with E-state index in [2.05, 4.69) is 31.1 Å². The molecule has 0 spiro atoms. The highest BCUT2D eigenvalue weighted by atomic mass is 16.2. The highest BCUT2D eigenvalue weighted by Gasteiger charge is 2.45. The van der Waals surface area contributed by atoms with E-state index < -0.39 is 0 Å². The van der Waals surface area contributed by atoms with E-state index >= 15 is 0 Å². The molecule has 2 saturated heterocycles. The molecule has 2 bridgehead atoms. The number of hydrogen-bond donors (Lipinski definition) is 1. The van der Waals surface area contributed by atoms with Gasteiger partial charge in [-0.2, -0.15) is 0 Å². The van der Waals surface area contributed by atoms with Crippen molar-refractivity contribution in [3.8, 4) is 0 Å². The molecule has 3 nitrogen and oxygen atoms in total. The molecule has 3 rings (SSSR count). The first kappa shape index (κ1) is 15.3. The maximum atomic E-state index is 13.2. The molecule has 0 aromatic carbocycles. The first-order valence-electron chi connectivity index (χ1n) is 9.03. The molecule has 3 fully saturated rings. The fourth-order valence-electron chi connectivity index (χ4n) is 5.22. The molecule has 1 N–H and O–H groups in total. The molecule has 21 heavy (non-hydrogen) atoms. The first-order chi connectivity index (χ1) is 10.00. The molecule has 1 amide bonds. The van der Waals surface area contributed by atoms with E-state index in [1.54, 1.807) is 0 Å². The number of nitrogens with zero attached hydrogens (tertiary/aromatic N) is 1. The summed E-state index contributed by atoms with van der Waals surface area (Å²) in [6, 6.07) is 1.79. The molecule has 0 aromatic heterocycles. The fourth-order valence-corrected chi connectivity index (χ4v) is 5.22. The van der Waals surface area contributed by atoms with E-state index in [1.165, 1.54) is 25.7 Å². The molecule has 3 aliphatic rings. The van der Waals surface area contributed by atoms with Crippen molar-refractivity contribution in [1.29, 1.82) is 0 Å². The number of hydrogen-bond acceptors (Lipinski definition) is 2. The summed E-state index contributed by atoms with van der Waals surface area (Å²) in [4.78, 5) is 15.4. The summed E-state index contributed by atoms with van der Waals surface area (Å²) in [6.45, 7) is 4.52. The Hall–Kier alpha value is -0.570. The number of nitrogens with one attached hydrogen (secondary N) is 1. The van der Waals surface area contributed by atoms with Gasteiger partial charge in [-0.3, -0.25) is 4.79 Å². The summed E-state index contributed by atoms with van der Waals surface area (Å²) in [6.07, 6.45) is 10.7. The van der Waals surface area contributed by atoms with Crippen molar-refractivity contribution in [1.82, 2.24) is 10.2 Å². The topological polar surface area (TPSA) is 32.3 Å². The molecule has 3 heteroatoms. The Morgan fingerprint density at radius 2 is 1.76 bits per heavy atom. The van der Waals surface area contributed by atoms with Crippen molar-refractivity contribution in [2.75, 3.05) is 7.05 Å². The van der Waals surface area contributed by atoms with Crippen molar-refractivity contribution in [3.63, 3.8) is 0 Å². The van der Waals surface area contributed by atoms with Gasteiger partial charge in [0, 0.05) is 30.6 Å². The van der Waals surface area contributed by atoms with Crippen LogP contribution in [-0.4, -0.2) is 36.0 Å².